The van der Waals surface area contributed by atoms with Crippen molar-refractivity contribution in [1.29, 1.82) is 0 Å². The molecule has 2 aromatic rings. The molecule has 0 aliphatic carbocycles. The standard InChI is InChI=1S/C12H15N3O2S/c1-4-11-13-14-12(18)15(11)9-7-8(16-2)5-6-10(9)17-3/h5-7H,4H2,1-3H3,(H,14,18). The average molecular weight is 265 g/mol. The van der Waals surface area contributed by atoms with Crippen molar-refractivity contribution in [3.8, 4) is 17.2 Å². The lowest BCUT2D eigenvalue weighted by Crippen LogP contribution is -2.03. The molecule has 6 heteroatoms. The minimum atomic E-state index is 0.540. The molecule has 0 aliphatic rings. The Bertz CT molecular complexity index is 604. The first-order valence-electron chi connectivity index (χ1n) is 5.60. The minimum absolute atomic E-state index is 0.540. The highest BCUT2D eigenvalue weighted by Crippen LogP contribution is 2.28. The first kappa shape index (κ1) is 12.6. The zero-order valence-electron chi connectivity index (χ0n) is 10.6. The third-order valence-electron chi connectivity index (χ3n) is 2.68. The number of aromatic nitrogens is 3. The van der Waals surface area contributed by atoms with Gasteiger partial charge in [-0.15, -0.1) is 0 Å². The molecular formula is C12H15N3O2S. The van der Waals surface area contributed by atoms with E-state index in [0.717, 1.165) is 29.4 Å². The van der Waals surface area contributed by atoms with Crippen LogP contribution in [0.5, 0.6) is 11.5 Å². The molecule has 0 atom stereocenters. The van der Waals surface area contributed by atoms with E-state index in [1.165, 1.54) is 0 Å². The molecule has 0 bridgehead atoms. The van der Waals surface area contributed by atoms with Crippen LogP contribution in [0.15, 0.2) is 18.2 Å². The molecule has 0 saturated carbocycles. The van der Waals surface area contributed by atoms with Crippen LogP contribution in [0.1, 0.15) is 12.7 Å². The van der Waals surface area contributed by atoms with Gasteiger partial charge in [0.25, 0.3) is 0 Å². The highest BCUT2D eigenvalue weighted by Gasteiger charge is 2.12. The number of aryl methyl sites for hydroxylation is 1. The van der Waals surface area contributed by atoms with E-state index in [0.29, 0.717) is 4.77 Å². The van der Waals surface area contributed by atoms with Gasteiger partial charge in [0.2, 0.25) is 0 Å². The number of ether oxygens (including phenoxy) is 2. The van der Waals surface area contributed by atoms with Crippen LogP contribution in [-0.2, 0) is 6.42 Å². The fourth-order valence-electron chi connectivity index (χ4n) is 1.79. The van der Waals surface area contributed by atoms with Gasteiger partial charge in [0.1, 0.15) is 17.3 Å². The van der Waals surface area contributed by atoms with Crippen LogP contribution < -0.4 is 9.47 Å². The van der Waals surface area contributed by atoms with E-state index in [2.05, 4.69) is 10.2 Å². The normalized spacial score (nSPS) is 10.4. The number of H-pyrrole nitrogens is 1. The van der Waals surface area contributed by atoms with E-state index < -0.39 is 0 Å². The van der Waals surface area contributed by atoms with Crippen LogP contribution in [-0.4, -0.2) is 29.0 Å². The maximum atomic E-state index is 5.36. The maximum Gasteiger partial charge on any atom is 0.199 e. The van der Waals surface area contributed by atoms with Crippen LogP contribution >= 0.6 is 12.2 Å². The smallest absolute Gasteiger partial charge is 0.199 e. The number of hydrogen-bond donors (Lipinski definition) is 1. The summed E-state index contributed by atoms with van der Waals surface area (Å²) in [5, 5.41) is 6.99. The Balaban J connectivity index is 2.68. The molecule has 2 rings (SSSR count). The van der Waals surface area contributed by atoms with Crippen molar-refractivity contribution < 1.29 is 9.47 Å². The first-order chi connectivity index (χ1) is 8.71. The zero-order valence-corrected chi connectivity index (χ0v) is 11.4. The Kier molecular flexibility index (Phi) is 3.66. The van der Waals surface area contributed by atoms with Gasteiger partial charge in [-0.3, -0.25) is 9.67 Å². The minimum Gasteiger partial charge on any atom is -0.497 e. The lowest BCUT2D eigenvalue weighted by atomic mass is 10.2. The lowest BCUT2D eigenvalue weighted by molar-refractivity contribution is 0.401. The van der Waals surface area contributed by atoms with Gasteiger partial charge in [-0.1, -0.05) is 6.92 Å². The molecule has 0 amide bonds. The fraction of sp³-hybridized carbons (Fsp3) is 0.333. The summed E-state index contributed by atoms with van der Waals surface area (Å²) in [6, 6.07) is 5.57. The van der Waals surface area contributed by atoms with Gasteiger partial charge in [0, 0.05) is 12.5 Å². The summed E-state index contributed by atoms with van der Waals surface area (Å²) >= 11 is 5.26. The van der Waals surface area contributed by atoms with E-state index in [1.54, 1.807) is 14.2 Å². The van der Waals surface area contributed by atoms with Crippen molar-refractivity contribution in [1.82, 2.24) is 14.8 Å². The topological polar surface area (TPSA) is 52.1 Å². The molecule has 1 heterocycles. The van der Waals surface area contributed by atoms with Crippen LogP contribution in [0.4, 0.5) is 0 Å². The molecule has 0 unspecified atom stereocenters. The third kappa shape index (κ3) is 2.11. The quantitative estimate of drug-likeness (QED) is 0.863. The first-order valence-corrected chi connectivity index (χ1v) is 6.00. The Hall–Kier alpha value is -1.82. The number of methoxy groups -OCH3 is 2. The highest BCUT2D eigenvalue weighted by molar-refractivity contribution is 7.71. The predicted molar refractivity (Wildman–Crippen MR) is 71.2 cm³/mol. The van der Waals surface area contributed by atoms with E-state index in [9.17, 15) is 0 Å². The van der Waals surface area contributed by atoms with Gasteiger partial charge >= 0.3 is 0 Å². The Labute approximate surface area is 110 Å². The van der Waals surface area contributed by atoms with Crippen molar-refractivity contribution >= 4 is 12.2 Å². The number of benzene rings is 1. The van der Waals surface area contributed by atoms with Gasteiger partial charge < -0.3 is 9.47 Å². The van der Waals surface area contributed by atoms with Gasteiger partial charge in [-0.05, 0) is 24.4 Å². The number of rotatable bonds is 4. The van der Waals surface area contributed by atoms with Gasteiger partial charge in [0.05, 0.1) is 19.9 Å². The van der Waals surface area contributed by atoms with Crippen molar-refractivity contribution in [2.75, 3.05) is 14.2 Å². The number of hydrogen-bond acceptors (Lipinski definition) is 4. The SMILES string of the molecule is CCc1n[nH]c(=S)n1-c1cc(OC)ccc1OC. The molecule has 1 aromatic carbocycles. The molecule has 1 aromatic heterocycles. The van der Waals surface area contributed by atoms with Crippen LogP contribution in [0.25, 0.3) is 5.69 Å². The molecule has 96 valence electrons. The average Bonchev–Trinajstić information content (AvgIpc) is 2.78. The Morgan fingerprint density at radius 2 is 2.11 bits per heavy atom. The Morgan fingerprint density at radius 1 is 1.33 bits per heavy atom. The second-order valence-electron chi connectivity index (χ2n) is 3.67. The molecule has 0 saturated heterocycles. The second kappa shape index (κ2) is 5.22. The molecule has 1 N–H and O–H groups in total. The summed E-state index contributed by atoms with van der Waals surface area (Å²) in [5.41, 5.74) is 0.826. The summed E-state index contributed by atoms with van der Waals surface area (Å²) < 4.78 is 13.0. The summed E-state index contributed by atoms with van der Waals surface area (Å²) in [4.78, 5) is 0. The molecule has 0 radical (unpaired) electrons. The second-order valence-corrected chi connectivity index (χ2v) is 4.06. The van der Waals surface area contributed by atoms with Crippen LogP contribution in [0.3, 0.4) is 0 Å². The number of nitrogens with one attached hydrogen (secondary N) is 1. The summed E-state index contributed by atoms with van der Waals surface area (Å²) in [6.45, 7) is 2.02. The van der Waals surface area contributed by atoms with E-state index in [1.807, 2.05) is 29.7 Å². The number of nitrogens with zero attached hydrogens (tertiary/aromatic N) is 2. The van der Waals surface area contributed by atoms with Crippen molar-refractivity contribution in [2.45, 2.75) is 13.3 Å². The fourth-order valence-corrected chi connectivity index (χ4v) is 2.04. The molecule has 0 fully saturated rings. The van der Waals surface area contributed by atoms with Crippen molar-refractivity contribution in [2.24, 2.45) is 0 Å². The summed E-state index contributed by atoms with van der Waals surface area (Å²) in [7, 11) is 3.25. The van der Waals surface area contributed by atoms with E-state index >= 15 is 0 Å². The largest absolute Gasteiger partial charge is 0.497 e. The predicted octanol–water partition coefficient (Wildman–Crippen LogP) is 2.51. The van der Waals surface area contributed by atoms with Crippen LogP contribution in [0.2, 0.25) is 0 Å². The van der Waals surface area contributed by atoms with E-state index in [4.69, 9.17) is 21.7 Å². The van der Waals surface area contributed by atoms with Crippen LogP contribution in [0, 0.1) is 4.77 Å². The summed E-state index contributed by atoms with van der Waals surface area (Å²) in [5.74, 6) is 2.32. The third-order valence-corrected chi connectivity index (χ3v) is 2.96. The number of aromatic amines is 1. The molecular weight excluding hydrogens is 250 g/mol. The van der Waals surface area contributed by atoms with Crippen molar-refractivity contribution in [3.63, 3.8) is 0 Å². The Morgan fingerprint density at radius 3 is 2.72 bits per heavy atom. The molecule has 0 aliphatic heterocycles. The highest BCUT2D eigenvalue weighted by atomic mass is 32.1. The van der Waals surface area contributed by atoms with Gasteiger partial charge in [-0.25, -0.2) is 0 Å². The van der Waals surface area contributed by atoms with E-state index in [-0.39, 0.29) is 0 Å². The molecule has 18 heavy (non-hydrogen) atoms. The monoisotopic (exact) mass is 265 g/mol. The maximum absolute atomic E-state index is 5.36. The summed E-state index contributed by atoms with van der Waals surface area (Å²) in [6.07, 6.45) is 0.771. The van der Waals surface area contributed by atoms with Gasteiger partial charge in [-0.2, -0.15) is 5.10 Å². The lowest BCUT2D eigenvalue weighted by Gasteiger charge is -2.12. The van der Waals surface area contributed by atoms with Crippen molar-refractivity contribution in [3.05, 3.63) is 28.8 Å². The molecule has 0 spiro atoms. The molecule has 5 nitrogen and oxygen atoms in total. The zero-order chi connectivity index (χ0) is 13.1. The van der Waals surface area contributed by atoms with Gasteiger partial charge in [0.15, 0.2) is 4.77 Å².